The number of rotatable bonds is 2. The smallest absolute Gasteiger partial charge is 0.313 e. The first-order valence-corrected chi connectivity index (χ1v) is 7.34. The molecule has 5 heteroatoms. The van der Waals surface area contributed by atoms with Crippen molar-refractivity contribution in [2.24, 2.45) is 0 Å². The highest BCUT2D eigenvalue weighted by molar-refractivity contribution is 6.39. The first kappa shape index (κ1) is 15.5. The Morgan fingerprint density at radius 2 is 1.86 bits per heavy atom. The Hall–Kier alpha value is -1.88. The lowest BCUT2D eigenvalue weighted by Gasteiger charge is -2.28. The number of amides is 2. The number of aryl methyl sites for hydroxylation is 2. The van der Waals surface area contributed by atoms with Crippen LogP contribution in [0.1, 0.15) is 36.8 Å². The highest BCUT2D eigenvalue weighted by Crippen LogP contribution is 2.19. The zero-order chi connectivity index (χ0) is 15.4. The second-order valence-corrected chi connectivity index (χ2v) is 5.70. The average molecular weight is 290 g/mol. The molecule has 114 valence electrons. The summed E-state index contributed by atoms with van der Waals surface area (Å²) in [5.74, 6) is -1.39. The minimum atomic E-state index is -0.693. The van der Waals surface area contributed by atoms with Crippen molar-refractivity contribution in [1.82, 2.24) is 5.32 Å². The van der Waals surface area contributed by atoms with Crippen molar-refractivity contribution in [3.05, 3.63) is 29.3 Å². The van der Waals surface area contributed by atoms with Gasteiger partial charge in [0, 0.05) is 5.69 Å². The predicted molar refractivity (Wildman–Crippen MR) is 81.0 cm³/mol. The summed E-state index contributed by atoms with van der Waals surface area (Å²) in [7, 11) is 0. The summed E-state index contributed by atoms with van der Waals surface area (Å²) in [6, 6.07) is 5.35. The Kier molecular flexibility index (Phi) is 4.96. The summed E-state index contributed by atoms with van der Waals surface area (Å²) in [6.45, 7) is 3.80. The number of aliphatic hydroxyl groups is 1. The van der Waals surface area contributed by atoms with E-state index in [1.54, 1.807) is 0 Å². The van der Waals surface area contributed by atoms with Crippen molar-refractivity contribution < 1.29 is 14.7 Å². The van der Waals surface area contributed by atoms with Gasteiger partial charge in [-0.1, -0.05) is 25.0 Å². The highest BCUT2D eigenvalue weighted by Gasteiger charge is 2.26. The maximum Gasteiger partial charge on any atom is 0.313 e. The number of carbonyl (C=O) groups is 2. The lowest BCUT2D eigenvalue weighted by molar-refractivity contribution is -0.137. The average Bonchev–Trinajstić information content (AvgIpc) is 2.45. The molecule has 2 unspecified atom stereocenters. The number of hydrogen-bond acceptors (Lipinski definition) is 3. The molecular formula is C16H22N2O3. The van der Waals surface area contributed by atoms with Gasteiger partial charge in [-0.15, -0.1) is 0 Å². The van der Waals surface area contributed by atoms with E-state index in [0.29, 0.717) is 18.5 Å². The Morgan fingerprint density at radius 3 is 2.57 bits per heavy atom. The van der Waals surface area contributed by atoms with Gasteiger partial charge in [0.05, 0.1) is 12.1 Å². The van der Waals surface area contributed by atoms with Crippen molar-refractivity contribution >= 4 is 17.5 Å². The van der Waals surface area contributed by atoms with E-state index >= 15 is 0 Å². The van der Waals surface area contributed by atoms with Crippen LogP contribution in [0.2, 0.25) is 0 Å². The van der Waals surface area contributed by atoms with Gasteiger partial charge in [-0.25, -0.2) is 0 Å². The molecule has 2 rings (SSSR count). The fraction of sp³-hybridized carbons (Fsp3) is 0.500. The van der Waals surface area contributed by atoms with Crippen molar-refractivity contribution in [2.45, 2.75) is 51.7 Å². The number of aliphatic hydroxyl groups excluding tert-OH is 1. The van der Waals surface area contributed by atoms with Crippen LogP contribution in [-0.2, 0) is 9.59 Å². The van der Waals surface area contributed by atoms with Crippen LogP contribution >= 0.6 is 0 Å². The molecule has 1 fully saturated rings. The predicted octanol–water partition coefficient (Wildman–Crippen LogP) is 1.66. The Bertz CT molecular complexity index is 542. The third-order valence-corrected chi connectivity index (χ3v) is 3.89. The molecule has 3 N–H and O–H groups in total. The molecule has 1 aliphatic carbocycles. The Morgan fingerprint density at radius 1 is 1.14 bits per heavy atom. The normalized spacial score (nSPS) is 21.7. The minimum Gasteiger partial charge on any atom is -0.391 e. The third-order valence-electron chi connectivity index (χ3n) is 3.89. The summed E-state index contributed by atoms with van der Waals surface area (Å²) in [4.78, 5) is 23.9. The molecule has 0 heterocycles. The zero-order valence-electron chi connectivity index (χ0n) is 12.5. The van der Waals surface area contributed by atoms with E-state index in [9.17, 15) is 14.7 Å². The molecule has 1 aromatic rings. The summed E-state index contributed by atoms with van der Waals surface area (Å²) in [5.41, 5.74) is 2.55. The lowest BCUT2D eigenvalue weighted by Crippen LogP contribution is -2.48. The van der Waals surface area contributed by atoms with Gasteiger partial charge >= 0.3 is 11.8 Å². The van der Waals surface area contributed by atoms with E-state index in [-0.39, 0.29) is 6.04 Å². The van der Waals surface area contributed by atoms with Crippen LogP contribution in [0.3, 0.4) is 0 Å². The van der Waals surface area contributed by atoms with Gasteiger partial charge in [0.15, 0.2) is 0 Å². The molecule has 0 aromatic heterocycles. The first-order chi connectivity index (χ1) is 9.97. The van der Waals surface area contributed by atoms with E-state index in [1.807, 2.05) is 32.0 Å². The van der Waals surface area contributed by atoms with Crippen LogP contribution in [0.5, 0.6) is 0 Å². The quantitative estimate of drug-likeness (QED) is 0.725. The van der Waals surface area contributed by atoms with Crippen molar-refractivity contribution in [3.8, 4) is 0 Å². The molecule has 1 aromatic carbocycles. The van der Waals surface area contributed by atoms with Crippen LogP contribution in [0.15, 0.2) is 18.2 Å². The molecule has 0 radical (unpaired) electrons. The fourth-order valence-corrected chi connectivity index (χ4v) is 2.56. The topological polar surface area (TPSA) is 78.4 Å². The van der Waals surface area contributed by atoms with Gasteiger partial charge in [-0.2, -0.15) is 0 Å². The fourth-order valence-electron chi connectivity index (χ4n) is 2.56. The number of benzene rings is 1. The van der Waals surface area contributed by atoms with E-state index in [1.165, 1.54) is 0 Å². The summed E-state index contributed by atoms with van der Waals surface area (Å²) >= 11 is 0. The van der Waals surface area contributed by atoms with E-state index in [2.05, 4.69) is 10.6 Å². The van der Waals surface area contributed by atoms with E-state index in [4.69, 9.17) is 0 Å². The molecule has 1 aliphatic rings. The second-order valence-electron chi connectivity index (χ2n) is 5.70. The van der Waals surface area contributed by atoms with Crippen LogP contribution in [0, 0.1) is 13.8 Å². The van der Waals surface area contributed by atoms with E-state index < -0.39 is 17.9 Å². The van der Waals surface area contributed by atoms with Crippen LogP contribution in [-0.4, -0.2) is 29.1 Å². The van der Waals surface area contributed by atoms with Crippen molar-refractivity contribution in [1.29, 1.82) is 0 Å². The molecule has 1 saturated carbocycles. The maximum absolute atomic E-state index is 12.0. The highest BCUT2D eigenvalue weighted by atomic mass is 16.3. The molecule has 0 spiro atoms. The summed E-state index contributed by atoms with van der Waals surface area (Å²) in [6.07, 6.45) is 2.74. The first-order valence-electron chi connectivity index (χ1n) is 7.34. The number of carbonyl (C=O) groups excluding carboxylic acids is 2. The molecule has 0 saturated heterocycles. The Labute approximate surface area is 124 Å². The SMILES string of the molecule is Cc1ccc(C)c(NC(=O)C(=O)NC2CCCCC2O)c1. The van der Waals surface area contributed by atoms with Crippen molar-refractivity contribution in [2.75, 3.05) is 5.32 Å². The van der Waals surface area contributed by atoms with Gasteiger partial charge in [-0.3, -0.25) is 9.59 Å². The number of nitrogens with one attached hydrogen (secondary N) is 2. The standard InChI is InChI=1S/C16H22N2O3/c1-10-7-8-11(2)13(9-10)18-16(21)15(20)17-12-5-3-4-6-14(12)19/h7-9,12,14,19H,3-6H2,1-2H3,(H,17,20)(H,18,21). The second kappa shape index (κ2) is 6.72. The van der Waals surface area contributed by atoms with Crippen LogP contribution in [0.25, 0.3) is 0 Å². The molecular weight excluding hydrogens is 268 g/mol. The molecule has 5 nitrogen and oxygen atoms in total. The number of hydrogen-bond donors (Lipinski definition) is 3. The molecule has 0 aliphatic heterocycles. The molecule has 21 heavy (non-hydrogen) atoms. The summed E-state index contributed by atoms with van der Waals surface area (Å²) < 4.78 is 0. The summed E-state index contributed by atoms with van der Waals surface area (Å²) in [5, 5.41) is 15.1. The van der Waals surface area contributed by atoms with Crippen LogP contribution in [0.4, 0.5) is 5.69 Å². The van der Waals surface area contributed by atoms with Gasteiger partial charge in [0.2, 0.25) is 0 Å². The molecule has 2 atom stereocenters. The van der Waals surface area contributed by atoms with Gasteiger partial charge in [-0.05, 0) is 43.9 Å². The van der Waals surface area contributed by atoms with Crippen molar-refractivity contribution in [3.63, 3.8) is 0 Å². The minimum absolute atomic E-state index is 0.324. The molecule has 0 bridgehead atoms. The maximum atomic E-state index is 12.0. The zero-order valence-corrected chi connectivity index (χ0v) is 12.5. The Balaban J connectivity index is 1.96. The third kappa shape index (κ3) is 4.04. The number of anilines is 1. The largest absolute Gasteiger partial charge is 0.391 e. The van der Waals surface area contributed by atoms with Gasteiger partial charge in [0.1, 0.15) is 0 Å². The van der Waals surface area contributed by atoms with E-state index in [0.717, 1.165) is 24.0 Å². The lowest BCUT2D eigenvalue weighted by atomic mass is 9.92. The van der Waals surface area contributed by atoms with Crippen LogP contribution < -0.4 is 10.6 Å². The van der Waals surface area contributed by atoms with Gasteiger partial charge in [0.25, 0.3) is 0 Å². The van der Waals surface area contributed by atoms with Gasteiger partial charge < -0.3 is 15.7 Å². The molecule has 2 amide bonds. The monoisotopic (exact) mass is 290 g/mol.